The Labute approximate surface area is 233 Å². The topological polar surface area (TPSA) is 102 Å². The van der Waals surface area contributed by atoms with Crippen LogP contribution in [0, 0.1) is 23.1 Å². The smallest absolute Gasteiger partial charge is 0.363 e. The predicted molar refractivity (Wildman–Crippen MR) is 141 cm³/mol. The third kappa shape index (κ3) is 5.81. The Bertz CT molecular complexity index is 1460. The molecule has 0 bridgehead atoms. The maximum atomic E-state index is 14.6. The molecule has 1 aliphatic heterocycles. The van der Waals surface area contributed by atoms with Crippen LogP contribution in [0.25, 0.3) is 0 Å². The van der Waals surface area contributed by atoms with Gasteiger partial charge in [-0.2, -0.15) is 18.4 Å². The molecular weight excluding hydrogens is 578 g/mol. The van der Waals surface area contributed by atoms with Gasteiger partial charge in [0.05, 0.1) is 33.2 Å². The number of nitrogens with one attached hydrogen (secondary N) is 2. The molecule has 3 aromatic rings. The van der Waals surface area contributed by atoms with E-state index in [9.17, 15) is 37.5 Å². The van der Waals surface area contributed by atoms with Crippen molar-refractivity contribution in [3.63, 3.8) is 0 Å². The number of nitrogens with zero attached hydrogens (tertiary/aromatic N) is 1. The molecule has 2 aromatic carbocycles. The number of hydrogen-bond acceptors (Lipinski definition) is 7. The van der Waals surface area contributed by atoms with Gasteiger partial charge in [-0.25, -0.2) is 4.39 Å². The van der Waals surface area contributed by atoms with Gasteiger partial charge in [0.1, 0.15) is 5.82 Å². The number of thiophene rings is 1. The summed E-state index contributed by atoms with van der Waals surface area (Å²) in [5.41, 5.74) is -3.83. The number of ketones is 1. The number of halogens is 5. The number of amides is 1. The quantitative estimate of drug-likeness (QED) is 0.226. The summed E-state index contributed by atoms with van der Waals surface area (Å²) in [5.74, 6) is -6.52. The number of anilines is 1. The molecule has 0 unspecified atom stereocenters. The molecule has 4 rings (SSSR count). The lowest BCUT2D eigenvalue weighted by atomic mass is 9.70. The first-order valence-electron chi connectivity index (χ1n) is 11.2. The number of aliphatic hydroxyl groups is 1. The molecule has 3 N–H and O–H groups in total. The second-order valence-corrected chi connectivity index (χ2v) is 10.7. The number of allylic oxidation sites excluding steroid dienone is 1. The standard InChI is InChI=1S/C26H18ClF4N3O3S2/c27-18-5-2-1-4-16(18)21-17(12-32)24(39-13-20(35)33-15-9-7-14(28)8-10-15)34-25(37,26(29,30)31)22(21)23(36)19-6-3-11-38-19/h1-11,21-22,34,37H,13H2,(H,33,35)/t21-,22-,25-/m1/s1. The van der Waals surface area contributed by atoms with Gasteiger partial charge in [-0.3, -0.25) is 9.59 Å². The lowest BCUT2D eigenvalue weighted by molar-refractivity contribution is -0.285. The van der Waals surface area contributed by atoms with Gasteiger partial charge >= 0.3 is 6.18 Å². The second-order valence-electron chi connectivity index (χ2n) is 8.41. The van der Waals surface area contributed by atoms with Gasteiger partial charge in [0.2, 0.25) is 11.6 Å². The molecule has 0 saturated heterocycles. The Morgan fingerprint density at radius 1 is 1.15 bits per heavy atom. The fraction of sp³-hybridized carbons (Fsp3) is 0.192. The van der Waals surface area contributed by atoms with Crippen molar-refractivity contribution in [3.8, 4) is 6.07 Å². The van der Waals surface area contributed by atoms with Crippen molar-refractivity contribution in [2.24, 2.45) is 5.92 Å². The molecule has 1 aliphatic rings. The van der Waals surface area contributed by atoms with Gasteiger partial charge in [-0.05, 0) is 47.3 Å². The van der Waals surface area contributed by atoms with E-state index >= 15 is 0 Å². The van der Waals surface area contributed by atoms with Crippen LogP contribution < -0.4 is 10.6 Å². The average Bonchev–Trinajstić information content (AvgIpc) is 3.43. The zero-order valence-corrected chi connectivity index (χ0v) is 22.0. The highest BCUT2D eigenvalue weighted by molar-refractivity contribution is 8.03. The van der Waals surface area contributed by atoms with Crippen LogP contribution in [0.1, 0.15) is 21.2 Å². The summed E-state index contributed by atoms with van der Waals surface area (Å²) >= 11 is 7.77. The Hall–Kier alpha value is -3.37. The van der Waals surface area contributed by atoms with Crippen molar-refractivity contribution in [1.82, 2.24) is 5.32 Å². The number of alkyl halides is 3. The number of Topliss-reactive ketones (excluding diaryl/α,β-unsaturated/α-hetero) is 1. The molecule has 0 saturated carbocycles. The number of carbonyl (C=O) groups is 2. The lowest BCUT2D eigenvalue weighted by Gasteiger charge is -2.45. The zero-order valence-electron chi connectivity index (χ0n) is 19.6. The molecule has 0 aliphatic carbocycles. The van der Waals surface area contributed by atoms with E-state index in [0.29, 0.717) is 11.8 Å². The number of carbonyl (C=O) groups excluding carboxylic acids is 2. The van der Waals surface area contributed by atoms with E-state index in [0.717, 1.165) is 23.5 Å². The molecule has 0 spiro atoms. The van der Waals surface area contributed by atoms with Crippen molar-refractivity contribution in [1.29, 1.82) is 5.26 Å². The van der Waals surface area contributed by atoms with Crippen LogP contribution in [0.3, 0.4) is 0 Å². The number of benzene rings is 2. The fourth-order valence-corrected chi connectivity index (χ4v) is 6.05. The second kappa shape index (κ2) is 11.4. The first-order chi connectivity index (χ1) is 18.5. The van der Waals surface area contributed by atoms with E-state index in [2.05, 4.69) is 5.32 Å². The maximum Gasteiger partial charge on any atom is 0.437 e. The third-order valence-corrected chi connectivity index (χ3v) is 8.20. The molecule has 39 heavy (non-hydrogen) atoms. The van der Waals surface area contributed by atoms with Crippen molar-refractivity contribution in [2.75, 3.05) is 11.1 Å². The summed E-state index contributed by atoms with van der Waals surface area (Å²) in [6.07, 6.45) is -5.38. The normalized spacial score (nSPS) is 21.2. The van der Waals surface area contributed by atoms with Crippen molar-refractivity contribution in [3.05, 3.63) is 97.9 Å². The predicted octanol–water partition coefficient (Wildman–Crippen LogP) is 6.08. The average molecular weight is 596 g/mol. The van der Waals surface area contributed by atoms with Gasteiger partial charge in [-0.1, -0.05) is 47.6 Å². The summed E-state index contributed by atoms with van der Waals surface area (Å²) in [6, 6.07) is 15.3. The summed E-state index contributed by atoms with van der Waals surface area (Å²) in [7, 11) is 0. The van der Waals surface area contributed by atoms with E-state index < -0.39 is 52.0 Å². The largest absolute Gasteiger partial charge is 0.437 e. The summed E-state index contributed by atoms with van der Waals surface area (Å²) in [6.45, 7) is 0. The lowest BCUT2D eigenvalue weighted by Crippen LogP contribution is -2.66. The van der Waals surface area contributed by atoms with E-state index in [1.54, 1.807) is 0 Å². The minimum absolute atomic E-state index is 0.0101. The van der Waals surface area contributed by atoms with Crippen molar-refractivity contribution in [2.45, 2.75) is 17.8 Å². The molecule has 2 heterocycles. The van der Waals surface area contributed by atoms with Crippen LogP contribution in [0.2, 0.25) is 5.02 Å². The molecule has 13 heteroatoms. The van der Waals surface area contributed by atoms with Crippen LogP contribution in [0.4, 0.5) is 23.2 Å². The Morgan fingerprint density at radius 3 is 2.44 bits per heavy atom. The van der Waals surface area contributed by atoms with Gasteiger partial charge in [0.25, 0.3) is 0 Å². The van der Waals surface area contributed by atoms with E-state index in [1.807, 2.05) is 11.4 Å². The minimum atomic E-state index is -5.38. The SMILES string of the molecule is N#CC1=C(SCC(=O)Nc2ccc(F)cc2)N[C@](O)(C(F)(F)F)[C@@H](C(=O)c2cccs2)[C@@H]1c1ccccc1Cl. The number of thioether (sulfide) groups is 1. The highest BCUT2D eigenvalue weighted by Gasteiger charge is 2.66. The van der Waals surface area contributed by atoms with Crippen molar-refractivity contribution < 1.29 is 32.3 Å². The third-order valence-electron chi connectivity index (χ3n) is 5.96. The van der Waals surface area contributed by atoms with E-state index in [-0.39, 0.29) is 26.7 Å². The highest BCUT2D eigenvalue weighted by Crippen LogP contribution is 2.52. The fourth-order valence-electron chi connectivity index (χ4n) is 4.19. The molecule has 0 fully saturated rings. The molecule has 6 nitrogen and oxygen atoms in total. The minimum Gasteiger partial charge on any atom is -0.363 e. The summed E-state index contributed by atoms with van der Waals surface area (Å²) < 4.78 is 56.9. The van der Waals surface area contributed by atoms with Crippen LogP contribution in [-0.2, 0) is 4.79 Å². The van der Waals surface area contributed by atoms with Crippen LogP contribution in [-0.4, -0.2) is 34.5 Å². The number of hydrogen-bond donors (Lipinski definition) is 3. The monoisotopic (exact) mass is 595 g/mol. The van der Waals surface area contributed by atoms with Gasteiger partial charge in [0.15, 0.2) is 5.78 Å². The maximum absolute atomic E-state index is 14.6. The first-order valence-corrected chi connectivity index (χ1v) is 13.4. The van der Waals surface area contributed by atoms with Crippen molar-refractivity contribution >= 4 is 52.1 Å². The van der Waals surface area contributed by atoms with Gasteiger partial charge < -0.3 is 15.7 Å². The van der Waals surface area contributed by atoms with E-state index in [1.165, 1.54) is 53.9 Å². The zero-order chi connectivity index (χ0) is 28.4. The molecule has 202 valence electrons. The molecule has 0 radical (unpaired) electrons. The Morgan fingerprint density at radius 2 is 1.85 bits per heavy atom. The summed E-state index contributed by atoms with van der Waals surface area (Å²) in [5, 5.41) is 26.8. The van der Waals surface area contributed by atoms with Gasteiger partial charge in [-0.15, -0.1) is 11.3 Å². The highest BCUT2D eigenvalue weighted by atomic mass is 35.5. The van der Waals surface area contributed by atoms with Gasteiger partial charge in [0, 0.05) is 16.6 Å². The molecule has 1 aromatic heterocycles. The van der Waals surface area contributed by atoms with Crippen LogP contribution in [0.15, 0.2) is 76.6 Å². The Kier molecular flexibility index (Phi) is 8.37. The molecule has 3 atom stereocenters. The van der Waals surface area contributed by atoms with E-state index in [4.69, 9.17) is 11.6 Å². The molecule has 1 amide bonds. The van der Waals surface area contributed by atoms with Crippen LogP contribution in [0.5, 0.6) is 0 Å². The summed E-state index contributed by atoms with van der Waals surface area (Å²) in [4.78, 5) is 26.0. The van der Waals surface area contributed by atoms with Crippen LogP contribution >= 0.6 is 34.7 Å². The Balaban J connectivity index is 1.79. The number of nitriles is 1. The number of rotatable bonds is 7. The molecular formula is C26H18ClF4N3O3S2. The first kappa shape index (κ1) is 28.6.